The summed E-state index contributed by atoms with van der Waals surface area (Å²) in [5.74, 6) is -8.17. The number of carbonyl (C=O) groups is 3. The third-order valence-electron chi connectivity index (χ3n) is 8.02. The monoisotopic (exact) mass is 501 g/mol. The van der Waals surface area contributed by atoms with E-state index in [0.717, 1.165) is 6.42 Å². The number of halogens is 1. The van der Waals surface area contributed by atoms with Crippen molar-refractivity contribution in [2.45, 2.75) is 50.3 Å². The Morgan fingerprint density at radius 1 is 1.31 bits per heavy atom. The number of likely N-dealkylation sites (N-methyl/N-ethyl adjacent to an activating group) is 1. The van der Waals surface area contributed by atoms with E-state index in [1.807, 2.05) is 0 Å². The second-order valence-corrected chi connectivity index (χ2v) is 9.89. The Kier molecular flexibility index (Phi) is 5.69. The first-order valence-corrected chi connectivity index (χ1v) is 12.0. The Morgan fingerprint density at radius 2 is 2.03 bits per heavy atom. The van der Waals surface area contributed by atoms with Gasteiger partial charge in [0, 0.05) is 28.7 Å². The van der Waals surface area contributed by atoms with Crippen molar-refractivity contribution >= 4 is 23.2 Å². The van der Waals surface area contributed by atoms with Crippen LogP contribution in [-0.4, -0.2) is 62.6 Å². The van der Waals surface area contributed by atoms with Crippen LogP contribution in [0.4, 0.5) is 4.39 Å². The molecule has 1 aromatic carbocycles. The van der Waals surface area contributed by atoms with E-state index in [2.05, 4.69) is 10.6 Å². The molecule has 1 amide bonds. The van der Waals surface area contributed by atoms with Gasteiger partial charge in [0.25, 0.3) is 5.91 Å². The normalized spacial score (nSPS) is 31.9. The summed E-state index contributed by atoms with van der Waals surface area (Å²) in [6.45, 7) is 2.63. The van der Waals surface area contributed by atoms with Crippen molar-refractivity contribution in [2.75, 3.05) is 13.1 Å². The van der Waals surface area contributed by atoms with Crippen LogP contribution in [0.3, 0.4) is 0 Å². The average Bonchev–Trinajstić information content (AvgIpc) is 3.35. The first-order chi connectivity index (χ1) is 17.0. The van der Waals surface area contributed by atoms with Crippen LogP contribution in [0, 0.1) is 17.7 Å². The minimum Gasteiger partial charge on any atom is -0.508 e. The quantitative estimate of drug-likeness (QED) is 0.290. The van der Waals surface area contributed by atoms with Crippen molar-refractivity contribution in [2.24, 2.45) is 17.6 Å². The van der Waals surface area contributed by atoms with Gasteiger partial charge in [0.2, 0.25) is 5.78 Å². The molecule has 1 saturated heterocycles. The highest BCUT2D eigenvalue weighted by molar-refractivity contribution is 6.24. The van der Waals surface area contributed by atoms with Crippen LogP contribution in [0.2, 0.25) is 0 Å². The number of hydrogen-bond acceptors (Lipinski definition) is 9. The lowest BCUT2D eigenvalue weighted by atomic mass is 9.57. The molecule has 36 heavy (non-hydrogen) atoms. The van der Waals surface area contributed by atoms with E-state index in [4.69, 9.17) is 5.73 Å². The fraction of sp³-hybridized carbons (Fsp3) is 0.480. The number of nitrogens with two attached hydrogens (primary N) is 1. The fourth-order valence-corrected chi connectivity index (χ4v) is 6.40. The minimum atomic E-state index is -2.72. The molecule has 3 aliphatic carbocycles. The molecule has 192 valence electrons. The van der Waals surface area contributed by atoms with Gasteiger partial charge in [0.1, 0.15) is 28.7 Å². The number of hydrogen-bond donors (Lipinski definition) is 7. The molecule has 5 rings (SSSR count). The Morgan fingerprint density at radius 3 is 2.64 bits per heavy atom. The number of aliphatic hydroxyl groups is 3. The molecular formula is C25H28FN3O7. The topological polar surface area (TPSA) is 182 Å². The molecule has 8 N–H and O–H groups in total. The summed E-state index contributed by atoms with van der Waals surface area (Å²) in [6, 6.07) is -0.294. The van der Waals surface area contributed by atoms with E-state index in [0.29, 0.717) is 13.0 Å². The van der Waals surface area contributed by atoms with E-state index < -0.39 is 69.6 Å². The number of aromatic hydroxyl groups is 1. The molecule has 5 atom stereocenters. The molecule has 2 fully saturated rings. The van der Waals surface area contributed by atoms with Crippen molar-refractivity contribution in [1.29, 1.82) is 0 Å². The van der Waals surface area contributed by atoms with E-state index in [9.17, 15) is 34.8 Å². The molecule has 1 aliphatic heterocycles. The Bertz CT molecular complexity index is 1270. The van der Waals surface area contributed by atoms with Crippen molar-refractivity contribution in [3.8, 4) is 5.75 Å². The molecule has 0 radical (unpaired) electrons. The van der Waals surface area contributed by atoms with Gasteiger partial charge in [0.15, 0.2) is 11.4 Å². The number of fused-ring (bicyclic) bond motifs is 3. The van der Waals surface area contributed by atoms with E-state index in [-0.39, 0.29) is 47.7 Å². The molecule has 10 nitrogen and oxygen atoms in total. The molecule has 0 bridgehead atoms. The smallest absolute Gasteiger partial charge is 0.255 e. The van der Waals surface area contributed by atoms with Crippen molar-refractivity contribution < 1.29 is 39.2 Å². The number of phenols is 1. The van der Waals surface area contributed by atoms with Gasteiger partial charge in [-0.15, -0.1) is 0 Å². The van der Waals surface area contributed by atoms with Crippen LogP contribution in [0.25, 0.3) is 5.76 Å². The van der Waals surface area contributed by atoms with Crippen LogP contribution in [-0.2, 0) is 20.8 Å². The van der Waals surface area contributed by atoms with Gasteiger partial charge in [0.05, 0.1) is 11.6 Å². The van der Waals surface area contributed by atoms with Crippen LogP contribution in [0.1, 0.15) is 48.9 Å². The zero-order valence-corrected chi connectivity index (χ0v) is 19.6. The maximum absolute atomic E-state index is 15.7. The fourth-order valence-electron chi connectivity index (χ4n) is 6.40. The number of primary amides is 1. The highest BCUT2D eigenvalue weighted by Crippen LogP contribution is 2.52. The van der Waals surface area contributed by atoms with Crippen molar-refractivity contribution in [1.82, 2.24) is 10.6 Å². The summed E-state index contributed by atoms with van der Waals surface area (Å²) in [5.41, 5.74) is 1.45. The molecule has 1 saturated carbocycles. The molecule has 1 heterocycles. The summed E-state index contributed by atoms with van der Waals surface area (Å²) in [4.78, 5) is 38.7. The largest absolute Gasteiger partial charge is 0.508 e. The third-order valence-corrected chi connectivity index (χ3v) is 8.02. The van der Waals surface area contributed by atoms with Crippen LogP contribution < -0.4 is 16.4 Å². The number of Topliss-reactive ketones (excluding diaryl/α,β-unsaturated/α-hetero) is 2. The summed E-state index contributed by atoms with van der Waals surface area (Å²) in [5, 5.41) is 50.2. The zero-order valence-electron chi connectivity index (χ0n) is 19.6. The molecule has 1 unspecified atom stereocenters. The third kappa shape index (κ3) is 3.16. The Balaban J connectivity index is 1.69. The van der Waals surface area contributed by atoms with Gasteiger partial charge >= 0.3 is 0 Å². The van der Waals surface area contributed by atoms with Gasteiger partial charge in [-0.25, -0.2) is 4.39 Å². The van der Waals surface area contributed by atoms with Gasteiger partial charge in [-0.05, 0) is 50.8 Å². The van der Waals surface area contributed by atoms with Crippen molar-refractivity contribution in [3.05, 3.63) is 45.5 Å². The predicted octanol–water partition coefficient (Wildman–Crippen LogP) is 0.576. The molecular weight excluding hydrogens is 473 g/mol. The number of rotatable bonds is 4. The lowest BCUT2D eigenvalue weighted by Gasteiger charge is -2.49. The molecule has 1 aromatic rings. The second-order valence-electron chi connectivity index (χ2n) is 9.89. The lowest BCUT2D eigenvalue weighted by Crippen LogP contribution is -2.66. The number of ketones is 2. The van der Waals surface area contributed by atoms with Gasteiger partial charge in [-0.3, -0.25) is 14.4 Å². The van der Waals surface area contributed by atoms with E-state index >= 15 is 4.39 Å². The first kappa shape index (κ1) is 24.4. The predicted molar refractivity (Wildman–Crippen MR) is 124 cm³/mol. The number of nitrogens with one attached hydrogen (secondary N) is 2. The summed E-state index contributed by atoms with van der Waals surface area (Å²) >= 11 is 0. The average molecular weight is 502 g/mol. The Labute approximate surface area is 205 Å². The summed E-state index contributed by atoms with van der Waals surface area (Å²) in [7, 11) is 0. The number of carbonyl (C=O) groups excluding carboxylic acids is 3. The molecule has 0 aromatic heterocycles. The second kappa shape index (κ2) is 8.39. The lowest BCUT2D eigenvalue weighted by molar-refractivity contribution is -0.150. The minimum absolute atomic E-state index is 0.0444. The van der Waals surface area contributed by atoms with Crippen LogP contribution >= 0.6 is 0 Å². The Hall–Kier alpha value is -3.28. The standard InChI is InChI=1S/C25H28FN3O7/c1-2-28-19-12-7-9-6-11-16(14(30)8-10(18(11)26)13-4-3-5-29-13)20(31)15(9)22(33)25(12,36)23(34)17(21(19)32)24(27)35/h8-9,12-13,19,28-31,34,36H,2-7H2,1H3,(H2,27,35)/t9-,12-,13?,19-,25-/m0/s1. The SMILES string of the molecule is CCN[C@@H]1C(=O)C(C(N)=O)=C(O)[C@@]2(O)C(=O)C3=C(O)c4c(O)cc(C5CCCN5)c(F)c4C[C@H]3C[C@@H]12. The summed E-state index contributed by atoms with van der Waals surface area (Å²) < 4.78 is 15.7. The maximum Gasteiger partial charge on any atom is 0.255 e. The van der Waals surface area contributed by atoms with E-state index in [1.54, 1.807) is 6.92 Å². The number of phenolic OH excluding ortho intramolecular Hbond substituents is 1. The van der Waals surface area contributed by atoms with Crippen molar-refractivity contribution in [3.63, 3.8) is 0 Å². The molecule has 0 spiro atoms. The maximum atomic E-state index is 15.7. The number of benzene rings is 1. The van der Waals surface area contributed by atoms with E-state index in [1.165, 1.54) is 6.07 Å². The number of amides is 1. The van der Waals surface area contributed by atoms with Gasteiger partial charge < -0.3 is 36.8 Å². The number of aliphatic hydroxyl groups excluding tert-OH is 2. The summed E-state index contributed by atoms with van der Waals surface area (Å²) in [6.07, 6.45) is 1.36. The highest BCUT2D eigenvalue weighted by atomic mass is 19.1. The van der Waals surface area contributed by atoms with Gasteiger partial charge in [-0.1, -0.05) is 6.92 Å². The molecule has 11 heteroatoms. The first-order valence-electron chi connectivity index (χ1n) is 12.0. The van der Waals surface area contributed by atoms with Gasteiger partial charge in [-0.2, -0.15) is 0 Å². The van der Waals surface area contributed by atoms with Crippen LogP contribution in [0.5, 0.6) is 5.75 Å². The zero-order chi connectivity index (χ0) is 26.1. The molecule has 4 aliphatic rings. The van der Waals surface area contributed by atoms with Crippen LogP contribution in [0.15, 0.2) is 23.0 Å². The highest BCUT2D eigenvalue weighted by Gasteiger charge is 2.63.